The average molecular weight is 294 g/mol. The maximum atomic E-state index is 12.1. The fourth-order valence-corrected chi connectivity index (χ4v) is 2.25. The Kier molecular flexibility index (Phi) is 3.92. The number of carbonyl (C=O) groups excluding carboxylic acids is 1. The van der Waals surface area contributed by atoms with E-state index in [1.54, 1.807) is 0 Å². The maximum absolute atomic E-state index is 12.1. The van der Waals surface area contributed by atoms with Crippen molar-refractivity contribution in [3.63, 3.8) is 0 Å². The summed E-state index contributed by atoms with van der Waals surface area (Å²) in [6.45, 7) is 4.07. The molecule has 0 spiro atoms. The van der Waals surface area contributed by atoms with Gasteiger partial charge < -0.3 is 9.73 Å². The Morgan fingerprint density at radius 3 is 2.68 bits per heavy atom. The predicted octanol–water partition coefficient (Wildman–Crippen LogP) is 4.13. The zero-order chi connectivity index (χ0) is 15.5. The van der Waals surface area contributed by atoms with Gasteiger partial charge in [0.15, 0.2) is 11.5 Å². The first-order valence-corrected chi connectivity index (χ1v) is 7.36. The number of fused-ring (bicyclic) bond motifs is 1. The number of rotatable bonds is 4. The molecule has 0 aliphatic heterocycles. The third-order valence-electron chi connectivity index (χ3n) is 3.39. The molecule has 0 aliphatic carbocycles. The van der Waals surface area contributed by atoms with Crippen LogP contribution in [-0.2, 0) is 11.2 Å². The highest BCUT2D eigenvalue weighted by Crippen LogP contribution is 2.23. The number of anilines is 1. The number of nitrogens with zero attached hydrogens (tertiary/aromatic N) is 1. The molecule has 0 fully saturated rings. The van der Waals surface area contributed by atoms with Crippen LogP contribution in [0.5, 0.6) is 0 Å². The van der Waals surface area contributed by atoms with E-state index in [0.717, 1.165) is 16.8 Å². The second-order valence-electron chi connectivity index (χ2n) is 5.60. The highest BCUT2D eigenvalue weighted by Gasteiger charge is 2.10. The third-order valence-corrected chi connectivity index (χ3v) is 3.39. The van der Waals surface area contributed by atoms with Gasteiger partial charge in [0, 0.05) is 17.7 Å². The van der Waals surface area contributed by atoms with Crippen LogP contribution in [0.15, 0.2) is 52.9 Å². The van der Waals surface area contributed by atoms with Gasteiger partial charge in [0.2, 0.25) is 5.91 Å². The van der Waals surface area contributed by atoms with E-state index in [1.165, 1.54) is 0 Å². The van der Waals surface area contributed by atoms with Crippen molar-refractivity contribution in [2.75, 3.05) is 5.32 Å². The van der Waals surface area contributed by atoms with E-state index in [9.17, 15) is 4.79 Å². The van der Waals surface area contributed by atoms with Gasteiger partial charge in [-0.15, -0.1) is 0 Å². The second-order valence-corrected chi connectivity index (χ2v) is 5.60. The Balaban J connectivity index is 1.74. The van der Waals surface area contributed by atoms with E-state index in [-0.39, 0.29) is 11.8 Å². The van der Waals surface area contributed by atoms with E-state index >= 15 is 0 Å². The lowest BCUT2D eigenvalue weighted by molar-refractivity contribution is -0.115. The lowest BCUT2D eigenvalue weighted by Gasteiger charge is -2.05. The Morgan fingerprint density at radius 2 is 1.95 bits per heavy atom. The Hall–Kier alpha value is -2.62. The first-order chi connectivity index (χ1) is 10.6. The van der Waals surface area contributed by atoms with Crippen LogP contribution in [0.4, 0.5) is 5.69 Å². The zero-order valence-electron chi connectivity index (χ0n) is 12.7. The average Bonchev–Trinajstić information content (AvgIpc) is 2.91. The summed E-state index contributed by atoms with van der Waals surface area (Å²) in [5.41, 5.74) is 3.22. The van der Waals surface area contributed by atoms with Crippen LogP contribution in [0.3, 0.4) is 0 Å². The van der Waals surface area contributed by atoms with Gasteiger partial charge in [0.05, 0.1) is 6.42 Å². The topological polar surface area (TPSA) is 55.1 Å². The molecule has 3 rings (SSSR count). The molecule has 0 saturated carbocycles. The van der Waals surface area contributed by atoms with Crippen molar-refractivity contribution in [1.29, 1.82) is 0 Å². The summed E-state index contributed by atoms with van der Waals surface area (Å²) in [6, 6.07) is 15.2. The van der Waals surface area contributed by atoms with E-state index in [2.05, 4.69) is 10.3 Å². The van der Waals surface area contributed by atoms with Crippen LogP contribution in [0.2, 0.25) is 0 Å². The molecule has 3 aromatic rings. The zero-order valence-corrected chi connectivity index (χ0v) is 12.7. The predicted molar refractivity (Wildman–Crippen MR) is 86.9 cm³/mol. The Morgan fingerprint density at radius 1 is 1.18 bits per heavy atom. The van der Waals surface area contributed by atoms with Gasteiger partial charge in [-0.3, -0.25) is 4.79 Å². The molecule has 1 aromatic heterocycles. The first kappa shape index (κ1) is 14.3. The summed E-state index contributed by atoms with van der Waals surface area (Å²) >= 11 is 0. The number of oxazole rings is 1. The van der Waals surface area contributed by atoms with E-state index in [1.807, 2.05) is 62.4 Å². The number of aromatic nitrogens is 1. The highest BCUT2D eigenvalue weighted by molar-refractivity contribution is 5.94. The number of benzene rings is 2. The molecule has 0 radical (unpaired) electrons. The van der Waals surface area contributed by atoms with Crippen LogP contribution in [0.1, 0.15) is 31.2 Å². The summed E-state index contributed by atoms with van der Waals surface area (Å²) in [4.78, 5) is 16.5. The lowest BCUT2D eigenvalue weighted by atomic mass is 10.1. The third kappa shape index (κ3) is 3.17. The van der Waals surface area contributed by atoms with Crippen molar-refractivity contribution < 1.29 is 9.21 Å². The molecule has 22 heavy (non-hydrogen) atoms. The summed E-state index contributed by atoms with van der Waals surface area (Å²) in [5.74, 6) is 0.903. The number of hydrogen-bond donors (Lipinski definition) is 1. The summed E-state index contributed by atoms with van der Waals surface area (Å²) in [7, 11) is 0. The number of hydrogen-bond acceptors (Lipinski definition) is 3. The van der Waals surface area contributed by atoms with Crippen LogP contribution in [0, 0.1) is 0 Å². The highest BCUT2D eigenvalue weighted by atomic mass is 16.3. The Bertz CT molecular complexity index is 791. The van der Waals surface area contributed by atoms with E-state index in [4.69, 9.17) is 4.42 Å². The number of amides is 1. The van der Waals surface area contributed by atoms with E-state index in [0.29, 0.717) is 17.9 Å². The first-order valence-electron chi connectivity index (χ1n) is 7.36. The van der Waals surface area contributed by atoms with Gasteiger partial charge in [-0.05, 0) is 17.7 Å². The van der Waals surface area contributed by atoms with Gasteiger partial charge in [-0.25, -0.2) is 4.98 Å². The summed E-state index contributed by atoms with van der Waals surface area (Å²) in [6.07, 6.45) is 0.354. The van der Waals surface area contributed by atoms with Gasteiger partial charge >= 0.3 is 0 Å². The van der Waals surface area contributed by atoms with Crippen molar-refractivity contribution in [2.24, 2.45) is 0 Å². The minimum absolute atomic E-state index is 0.0471. The van der Waals surface area contributed by atoms with Crippen molar-refractivity contribution >= 4 is 22.7 Å². The van der Waals surface area contributed by atoms with Crippen molar-refractivity contribution in [3.05, 3.63) is 60.0 Å². The molecule has 0 aliphatic rings. The smallest absolute Gasteiger partial charge is 0.228 e. The molecule has 112 valence electrons. The van der Waals surface area contributed by atoms with Gasteiger partial charge in [-0.2, -0.15) is 0 Å². The van der Waals surface area contributed by atoms with E-state index < -0.39 is 0 Å². The Labute approximate surface area is 129 Å². The SMILES string of the molecule is CC(C)c1nc2ccc(NC(=O)Cc3ccccc3)cc2o1. The molecule has 2 aromatic carbocycles. The summed E-state index contributed by atoms with van der Waals surface area (Å²) in [5, 5.41) is 2.89. The normalized spacial score (nSPS) is 11.0. The molecule has 0 saturated heterocycles. The van der Waals surface area contributed by atoms with Crippen molar-refractivity contribution in [3.8, 4) is 0 Å². The van der Waals surface area contributed by atoms with Gasteiger partial charge in [0.1, 0.15) is 5.52 Å². The molecule has 1 amide bonds. The number of carbonyl (C=O) groups is 1. The molecular formula is C18H18N2O2. The standard InChI is InChI=1S/C18H18N2O2/c1-12(2)18-20-15-9-8-14(11-16(15)22-18)19-17(21)10-13-6-4-3-5-7-13/h3-9,11-12H,10H2,1-2H3,(H,19,21). The fraction of sp³-hybridized carbons (Fsp3) is 0.222. The van der Waals surface area contributed by atoms with Gasteiger partial charge in [0.25, 0.3) is 0 Å². The van der Waals surface area contributed by atoms with Crippen LogP contribution in [0.25, 0.3) is 11.1 Å². The van der Waals surface area contributed by atoms with Crippen LogP contribution < -0.4 is 5.32 Å². The fourth-order valence-electron chi connectivity index (χ4n) is 2.25. The molecule has 0 bridgehead atoms. The molecule has 0 atom stereocenters. The molecular weight excluding hydrogens is 276 g/mol. The quantitative estimate of drug-likeness (QED) is 0.787. The molecule has 1 heterocycles. The minimum Gasteiger partial charge on any atom is -0.440 e. The molecule has 4 nitrogen and oxygen atoms in total. The van der Waals surface area contributed by atoms with Crippen molar-refractivity contribution in [1.82, 2.24) is 4.98 Å². The second kappa shape index (κ2) is 6.02. The minimum atomic E-state index is -0.0471. The largest absolute Gasteiger partial charge is 0.440 e. The molecule has 1 N–H and O–H groups in total. The monoisotopic (exact) mass is 294 g/mol. The molecule has 0 unspecified atom stereocenters. The summed E-state index contributed by atoms with van der Waals surface area (Å²) < 4.78 is 5.71. The van der Waals surface area contributed by atoms with Crippen molar-refractivity contribution in [2.45, 2.75) is 26.2 Å². The van der Waals surface area contributed by atoms with Crippen LogP contribution in [-0.4, -0.2) is 10.9 Å². The number of nitrogens with one attached hydrogen (secondary N) is 1. The van der Waals surface area contributed by atoms with Gasteiger partial charge in [-0.1, -0.05) is 44.2 Å². The maximum Gasteiger partial charge on any atom is 0.228 e. The lowest BCUT2D eigenvalue weighted by Crippen LogP contribution is -2.14. The molecule has 4 heteroatoms. The van der Waals surface area contributed by atoms with Crippen LogP contribution >= 0.6 is 0 Å².